The van der Waals surface area contributed by atoms with Gasteiger partial charge in [-0.3, -0.25) is 0 Å². The Kier molecular flexibility index (Phi) is 2.72. The SMILES string of the molecule is [2H]/C(=C(/[O-])c1ccccc1)[S+](C)C. The second kappa shape index (κ2) is 4.21. The van der Waals surface area contributed by atoms with Crippen molar-refractivity contribution in [2.24, 2.45) is 0 Å². The zero-order valence-electron chi connectivity index (χ0n) is 8.20. The molecule has 12 heavy (non-hydrogen) atoms. The van der Waals surface area contributed by atoms with Crippen molar-refractivity contribution in [3.05, 3.63) is 41.3 Å². The molecule has 0 aliphatic carbocycles. The van der Waals surface area contributed by atoms with E-state index in [1.807, 2.05) is 30.7 Å². The second-order valence-electron chi connectivity index (χ2n) is 2.61. The summed E-state index contributed by atoms with van der Waals surface area (Å²) < 4.78 is 7.55. The largest absolute Gasteiger partial charge is 0.869 e. The summed E-state index contributed by atoms with van der Waals surface area (Å²) in [5.41, 5.74) is 0.605. The highest BCUT2D eigenvalue weighted by molar-refractivity contribution is 7.98. The fourth-order valence-corrected chi connectivity index (χ4v) is 1.32. The van der Waals surface area contributed by atoms with Crippen molar-refractivity contribution < 1.29 is 6.48 Å². The third kappa shape index (κ3) is 2.62. The van der Waals surface area contributed by atoms with E-state index in [1.54, 1.807) is 12.1 Å². The molecule has 0 radical (unpaired) electrons. The summed E-state index contributed by atoms with van der Waals surface area (Å²) in [5.74, 6) is -0.158. The lowest BCUT2D eigenvalue weighted by Crippen LogP contribution is -2.04. The van der Waals surface area contributed by atoms with E-state index in [9.17, 15) is 5.11 Å². The van der Waals surface area contributed by atoms with Crippen LogP contribution in [0.3, 0.4) is 0 Å². The Bertz CT molecular complexity index is 306. The normalized spacial score (nSPS) is 14.1. The summed E-state index contributed by atoms with van der Waals surface area (Å²) in [6.45, 7) is 0. The van der Waals surface area contributed by atoms with Gasteiger partial charge in [-0.25, -0.2) is 0 Å². The Morgan fingerprint density at radius 1 is 1.42 bits per heavy atom. The van der Waals surface area contributed by atoms with Gasteiger partial charge < -0.3 is 5.11 Å². The molecule has 0 amide bonds. The van der Waals surface area contributed by atoms with Crippen LogP contribution in [0.4, 0.5) is 0 Å². The van der Waals surface area contributed by atoms with E-state index < -0.39 is 0 Å². The summed E-state index contributed by atoms with van der Waals surface area (Å²) in [6, 6.07) is 8.96. The van der Waals surface area contributed by atoms with Crippen molar-refractivity contribution in [2.75, 3.05) is 12.5 Å². The molecular formula is C10H12OS. The van der Waals surface area contributed by atoms with Crippen molar-refractivity contribution in [3.63, 3.8) is 0 Å². The standard InChI is InChI=1S/C10H12OS/c1-12(2)8-10(11)9-6-4-3-5-7-9/h3-8H,1-2H3/b10-8-/i8D. The van der Waals surface area contributed by atoms with E-state index in [-0.39, 0.29) is 22.0 Å². The maximum Gasteiger partial charge on any atom is 0.119 e. The average Bonchev–Trinajstić information content (AvgIpc) is 2.17. The van der Waals surface area contributed by atoms with Crippen molar-refractivity contribution in [2.45, 2.75) is 0 Å². The highest BCUT2D eigenvalue weighted by Crippen LogP contribution is 2.08. The van der Waals surface area contributed by atoms with Crippen LogP contribution in [-0.2, 0) is 10.9 Å². The van der Waals surface area contributed by atoms with Gasteiger partial charge >= 0.3 is 0 Å². The smallest absolute Gasteiger partial charge is 0.119 e. The number of hydrogen-bond donors (Lipinski definition) is 0. The Morgan fingerprint density at radius 2 is 2.00 bits per heavy atom. The van der Waals surface area contributed by atoms with Gasteiger partial charge in [0.05, 0.1) is 0 Å². The third-order valence-electron chi connectivity index (χ3n) is 1.33. The predicted molar refractivity (Wildman–Crippen MR) is 53.6 cm³/mol. The number of hydrogen-bond acceptors (Lipinski definition) is 1. The van der Waals surface area contributed by atoms with E-state index >= 15 is 0 Å². The first kappa shape index (κ1) is 7.74. The van der Waals surface area contributed by atoms with E-state index in [4.69, 9.17) is 1.37 Å². The zero-order valence-corrected chi connectivity index (χ0v) is 8.02. The van der Waals surface area contributed by atoms with Crippen LogP contribution < -0.4 is 5.11 Å². The molecule has 2 heteroatoms. The molecule has 0 atom stereocenters. The van der Waals surface area contributed by atoms with Crippen LogP contribution in [0.2, 0.25) is 0 Å². The van der Waals surface area contributed by atoms with Gasteiger partial charge in [0.2, 0.25) is 0 Å². The maximum atomic E-state index is 11.6. The average molecular weight is 181 g/mol. The maximum absolute atomic E-state index is 11.6. The Balaban J connectivity index is 3.03. The molecule has 0 aromatic heterocycles. The molecular weight excluding hydrogens is 168 g/mol. The quantitative estimate of drug-likeness (QED) is 0.497. The summed E-state index contributed by atoms with van der Waals surface area (Å²) in [4.78, 5) is 0. The molecule has 1 nitrogen and oxygen atoms in total. The summed E-state index contributed by atoms with van der Waals surface area (Å²) >= 11 is 0. The van der Waals surface area contributed by atoms with Gasteiger partial charge in [-0.15, -0.1) is 0 Å². The highest BCUT2D eigenvalue weighted by Gasteiger charge is 1.96. The number of benzene rings is 1. The molecule has 1 aromatic carbocycles. The van der Waals surface area contributed by atoms with Gasteiger partial charge in [0.25, 0.3) is 0 Å². The minimum absolute atomic E-state index is 0.158. The topological polar surface area (TPSA) is 23.1 Å². The highest BCUT2D eigenvalue weighted by atomic mass is 32.2. The van der Waals surface area contributed by atoms with E-state index in [1.165, 1.54) is 0 Å². The molecule has 0 bridgehead atoms. The van der Waals surface area contributed by atoms with E-state index in [2.05, 4.69) is 0 Å². The Hall–Kier alpha value is -0.890. The molecule has 0 saturated heterocycles. The van der Waals surface area contributed by atoms with Gasteiger partial charge in [-0.05, 0) is 5.56 Å². The minimum atomic E-state index is -0.257. The lowest BCUT2D eigenvalue weighted by Gasteiger charge is -2.08. The van der Waals surface area contributed by atoms with Crippen LogP contribution in [0.1, 0.15) is 6.93 Å². The fraction of sp³-hybridized carbons (Fsp3) is 0.200. The number of rotatable bonds is 2. The van der Waals surface area contributed by atoms with Crippen LogP contribution in [0.15, 0.2) is 35.7 Å². The first-order chi connectivity index (χ1) is 6.13. The van der Waals surface area contributed by atoms with Crippen molar-refractivity contribution in [3.8, 4) is 0 Å². The molecule has 1 rings (SSSR count). The molecule has 0 heterocycles. The minimum Gasteiger partial charge on any atom is -0.869 e. The molecule has 0 saturated carbocycles. The first-order valence-electron chi connectivity index (χ1n) is 4.14. The fourth-order valence-electron chi connectivity index (χ4n) is 0.834. The van der Waals surface area contributed by atoms with Crippen LogP contribution in [0.5, 0.6) is 0 Å². The third-order valence-corrected chi connectivity index (χ3v) is 1.93. The van der Waals surface area contributed by atoms with Gasteiger partial charge in [-0.1, -0.05) is 36.1 Å². The van der Waals surface area contributed by atoms with Crippen molar-refractivity contribution in [1.29, 1.82) is 0 Å². The molecule has 0 fully saturated rings. The van der Waals surface area contributed by atoms with Crippen molar-refractivity contribution >= 4 is 16.7 Å². The van der Waals surface area contributed by atoms with Gasteiger partial charge in [0.1, 0.15) is 19.3 Å². The van der Waals surface area contributed by atoms with Crippen molar-refractivity contribution in [1.82, 2.24) is 0 Å². The molecule has 1 aromatic rings. The first-order valence-corrected chi connectivity index (χ1v) is 5.68. The lowest BCUT2D eigenvalue weighted by atomic mass is 10.2. The van der Waals surface area contributed by atoms with E-state index in [0.29, 0.717) is 5.56 Å². The van der Waals surface area contributed by atoms with Crippen LogP contribution in [0.25, 0.3) is 5.76 Å². The summed E-state index contributed by atoms with van der Waals surface area (Å²) in [6.07, 6.45) is 3.76. The predicted octanol–water partition coefficient (Wildman–Crippen LogP) is 1.22. The van der Waals surface area contributed by atoms with Crippen LogP contribution in [-0.4, -0.2) is 12.5 Å². The van der Waals surface area contributed by atoms with Gasteiger partial charge in [0, 0.05) is 10.9 Å². The summed E-state index contributed by atoms with van der Waals surface area (Å²) in [7, 11) is -0.257. The Morgan fingerprint density at radius 3 is 2.50 bits per heavy atom. The second-order valence-corrected chi connectivity index (χ2v) is 4.45. The molecule has 64 valence electrons. The molecule has 0 N–H and O–H groups in total. The van der Waals surface area contributed by atoms with Gasteiger partial charge in [0.15, 0.2) is 0 Å². The molecule has 0 aliphatic rings. The zero-order chi connectivity index (χ0) is 9.84. The summed E-state index contributed by atoms with van der Waals surface area (Å²) in [5, 5.41) is 11.8. The van der Waals surface area contributed by atoms with Crippen LogP contribution in [0, 0.1) is 0 Å². The monoisotopic (exact) mass is 181 g/mol. The molecule has 0 unspecified atom stereocenters. The van der Waals surface area contributed by atoms with E-state index in [0.717, 1.165) is 0 Å². The van der Waals surface area contributed by atoms with Crippen LogP contribution >= 0.6 is 0 Å². The molecule has 0 spiro atoms. The lowest BCUT2D eigenvalue weighted by molar-refractivity contribution is -0.243. The van der Waals surface area contributed by atoms with Gasteiger partial charge in [-0.2, -0.15) is 0 Å². The Labute approximate surface area is 77.5 Å². The molecule has 0 aliphatic heterocycles.